The van der Waals surface area contributed by atoms with Gasteiger partial charge in [-0.25, -0.2) is 0 Å². The molecular formula is C20H41N5OS. The lowest BCUT2D eigenvalue weighted by molar-refractivity contribution is 0.140. The Hall–Kier alpha value is -0.660. The normalized spacial score (nSPS) is 27.9. The molecular weight excluding hydrogens is 358 g/mol. The van der Waals surface area contributed by atoms with Gasteiger partial charge in [-0.1, -0.05) is 20.3 Å². The predicted octanol–water partition coefficient (Wildman–Crippen LogP) is 1.50. The monoisotopic (exact) mass is 399 g/mol. The SMILES string of the molecule is CCNC(=NCC(C)CN1CCN(C)CC1)NC1CCCC(S(=O)CC)C1. The lowest BCUT2D eigenvalue weighted by atomic mass is 9.95. The number of likely N-dealkylation sites (N-methyl/N-ethyl adjacent to an activating group) is 1. The van der Waals surface area contributed by atoms with E-state index >= 15 is 0 Å². The van der Waals surface area contributed by atoms with E-state index in [4.69, 9.17) is 4.99 Å². The topological polar surface area (TPSA) is 60.0 Å². The van der Waals surface area contributed by atoms with Gasteiger partial charge in [-0.15, -0.1) is 0 Å². The number of hydrogen-bond acceptors (Lipinski definition) is 4. The second-order valence-electron chi connectivity index (χ2n) is 8.23. The van der Waals surface area contributed by atoms with Gasteiger partial charge in [-0.3, -0.25) is 9.20 Å². The van der Waals surface area contributed by atoms with Crippen LogP contribution in [0, 0.1) is 5.92 Å². The molecule has 4 unspecified atom stereocenters. The average molecular weight is 400 g/mol. The summed E-state index contributed by atoms with van der Waals surface area (Å²) in [5, 5.41) is 7.36. The lowest BCUT2D eigenvalue weighted by Crippen LogP contribution is -2.47. The molecule has 2 N–H and O–H groups in total. The van der Waals surface area contributed by atoms with Crippen LogP contribution in [0.1, 0.15) is 46.5 Å². The van der Waals surface area contributed by atoms with Crippen LogP contribution in [-0.2, 0) is 10.8 Å². The Morgan fingerprint density at radius 3 is 2.63 bits per heavy atom. The van der Waals surface area contributed by atoms with Crippen molar-refractivity contribution in [2.45, 2.75) is 57.7 Å². The summed E-state index contributed by atoms with van der Waals surface area (Å²) < 4.78 is 12.2. The summed E-state index contributed by atoms with van der Waals surface area (Å²) in [6.07, 6.45) is 4.42. The van der Waals surface area contributed by atoms with Crippen LogP contribution in [0.25, 0.3) is 0 Å². The summed E-state index contributed by atoms with van der Waals surface area (Å²) in [7, 11) is 1.52. The summed E-state index contributed by atoms with van der Waals surface area (Å²) in [6.45, 7) is 14.0. The zero-order valence-corrected chi connectivity index (χ0v) is 18.7. The zero-order chi connectivity index (χ0) is 19.6. The molecule has 6 nitrogen and oxygen atoms in total. The highest BCUT2D eigenvalue weighted by molar-refractivity contribution is 7.85. The number of guanidine groups is 1. The van der Waals surface area contributed by atoms with Crippen LogP contribution in [0.4, 0.5) is 0 Å². The van der Waals surface area contributed by atoms with E-state index in [0.29, 0.717) is 17.2 Å². The van der Waals surface area contributed by atoms with E-state index in [-0.39, 0.29) is 0 Å². The van der Waals surface area contributed by atoms with Crippen LogP contribution in [0.15, 0.2) is 4.99 Å². The van der Waals surface area contributed by atoms with Crippen LogP contribution in [-0.4, -0.2) is 89.9 Å². The van der Waals surface area contributed by atoms with Crippen molar-refractivity contribution in [3.8, 4) is 0 Å². The quantitative estimate of drug-likeness (QED) is 0.479. The van der Waals surface area contributed by atoms with Gasteiger partial charge in [0.25, 0.3) is 0 Å². The zero-order valence-electron chi connectivity index (χ0n) is 17.9. The van der Waals surface area contributed by atoms with E-state index in [1.165, 1.54) is 26.2 Å². The van der Waals surface area contributed by atoms with E-state index in [2.05, 4.69) is 41.3 Å². The van der Waals surface area contributed by atoms with Crippen molar-refractivity contribution in [3.63, 3.8) is 0 Å². The molecule has 0 bridgehead atoms. The van der Waals surface area contributed by atoms with Gasteiger partial charge in [0.1, 0.15) is 0 Å². The van der Waals surface area contributed by atoms with Gasteiger partial charge in [0.2, 0.25) is 0 Å². The molecule has 2 rings (SSSR count). The fraction of sp³-hybridized carbons (Fsp3) is 0.950. The number of hydrogen-bond donors (Lipinski definition) is 2. The third-order valence-corrected chi connectivity index (χ3v) is 7.44. The predicted molar refractivity (Wildman–Crippen MR) is 117 cm³/mol. The summed E-state index contributed by atoms with van der Waals surface area (Å²) in [4.78, 5) is 9.82. The van der Waals surface area contributed by atoms with Gasteiger partial charge in [0, 0.05) is 73.7 Å². The van der Waals surface area contributed by atoms with E-state index in [1.54, 1.807) is 0 Å². The molecule has 7 heteroatoms. The summed E-state index contributed by atoms with van der Waals surface area (Å²) >= 11 is 0. The van der Waals surface area contributed by atoms with Crippen molar-refractivity contribution in [2.75, 3.05) is 58.6 Å². The Morgan fingerprint density at radius 2 is 1.96 bits per heavy atom. The van der Waals surface area contributed by atoms with Crippen LogP contribution < -0.4 is 10.6 Å². The minimum absolute atomic E-state index is 0.347. The highest BCUT2D eigenvalue weighted by Gasteiger charge is 2.26. The molecule has 4 atom stereocenters. The van der Waals surface area contributed by atoms with Gasteiger partial charge < -0.3 is 20.4 Å². The van der Waals surface area contributed by atoms with Crippen molar-refractivity contribution in [3.05, 3.63) is 0 Å². The maximum Gasteiger partial charge on any atom is 0.191 e. The second kappa shape index (κ2) is 12.0. The molecule has 158 valence electrons. The molecule has 1 aliphatic heterocycles. The van der Waals surface area contributed by atoms with Crippen molar-refractivity contribution in [1.82, 2.24) is 20.4 Å². The molecule has 0 aromatic rings. The van der Waals surface area contributed by atoms with Gasteiger partial charge in [-0.05, 0) is 39.2 Å². The molecule has 0 aromatic carbocycles. The van der Waals surface area contributed by atoms with E-state index in [1.807, 2.05) is 6.92 Å². The molecule has 1 saturated carbocycles. The molecule has 0 radical (unpaired) electrons. The molecule has 1 saturated heterocycles. The Labute approximate surface area is 169 Å². The number of nitrogens with zero attached hydrogens (tertiary/aromatic N) is 3. The maximum absolute atomic E-state index is 12.2. The highest BCUT2D eigenvalue weighted by atomic mass is 32.2. The largest absolute Gasteiger partial charge is 0.357 e. The molecule has 27 heavy (non-hydrogen) atoms. The van der Waals surface area contributed by atoms with Crippen molar-refractivity contribution >= 4 is 16.8 Å². The number of aliphatic imine (C=N–C) groups is 1. The maximum atomic E-state index is 12.2. The Kier molecular flexibility index (Phi) is 10.1. The first-order valence-corrected chi connectivity index (χ1v) is 12.2. The molecule has 1 heterocycles. The number of nitrogens with one attached hydrogen (secondary N) is 2. The van der Waals surface area contributed by atoms with Gasteiger partial charge in [0.15, 0.2) is 5.96 Å². The van der Waals surface area contributed by atoms with Gasteiger partial charge in [0.05, 0.1) is 0 Å². The third-order valence-electron chi connectivity index (χ3n) is 5.69. The van der Waals surface area contributed by atoms with Crippen LogP contribution >= 0.6 is 0 Å². The van der Waals surface area contributed by atoms with Crippen molar-refractivity contribution in [2.24, 2.45) is 10.9 Å². The van der Waals surface area contributed by atoms with Crippen LogP contribution in [0.3, 0.4) is 0 Å². The first kappa shape index (κ1) is 22.6. The van der Waals surface area contributed by atoms with E-state index < -0.39 is 10.8 Å². The van der Waals surface area contributed by atoms with E-state index in [0.717, 1.165) is 57.0 Å². The molecule has 0 spiro atoms. The Morgan fingerprint density at radius 1 is 1.22 bits per heavy atom. The van der Waals surface area contributed by atoms with E-state index in [9.17, 15) is 4.21 Å². The molecule has 2 fully saturated rings. The van der Waals surface area contributed by atoms with Crippen molar-refractivity contribution in [1.29, 1.82) is 0 Å². The fourth-order valence-corrected chi connectivity index (χ4v) is 5.39. The van der Waals surface area contributed by atoms with Gasteiger partial charge >= 0.3 is 0 Å². The average Bonchev–Trinajstić information content (AvgIpc) is 2.67. The van der Waals surface area contributed by atoms with Crippen LogP contribution in [0.5, 0.6) is 0 Å². The molecule has 0 aromatic heterocycles. The Balaban J connectivity index is 1.81. The molecule has 2 aliphatic rings. The fourth-order valence-electron chi connectivity index (χ4n) is 4.04. The minimum Gasteiger partial charge on any atom is -0.357 e. The standard InChI is InChI=1S/C20H41N5OS/c1-5-21-20(23-18-8-7-9-19(14-18)27(26)6-2)22-15-17(3)16-25-12-10-24(4)11-13-25/h17-19H,5-16H2,1-4H3,(H2,21,22,23). The second-order valence-corrected chi connectivity index (χ2v) is 10.2. The summed E-state index contributed by atoms with van der Waals surface area (Å²) in [5.41, 5.74) is 0. The van der Waals surface area contributed by atoms with Crippen LogP contribution in [0.2, 0.25) is 0 Å². The lowest BCUT2D eigenvalue weighted by Gasteiger charge is -2.33. The molecule has 1 aliphatic carbocycles. The number of piperazine rings is 1. The third kappa shape index (κ3) is 8.08. The minimum atomic E-state index is -0.680. The first-order valence-electron chi connectivity index (χ1n) is 10.8. The molecule has 0 amide bonds. The van der Waals surface area contributed by atoms with Gasteiger partial charge in [-0.2, -0.15) is 0 Å². The van der Waals surface area contributed by atoms with Crippen molar-refractivity contribution < 1.29 is 4.21 Å². The summed E-state index contributed by atoms with van der Waals surface area (Å²) in [6, 6.07) is 0.394. The smallest absolute Gasteiger partial charge is 0.191 e. The number of rotatable bonds is 8. The first-order chi connectivity index (χ1) is 13.0. The highest BCUT2D eigenvalue weighted by Crippen LogP contribution is 2.23. The Bertz CT molecular complexity index is 479. The summed E-state index contributed by atoms with van der Waals surface area (Å²) in [5.74, 6) is 2.25.